The minimum absolute atomic E-state index is 0.255. The van der Waals surface area contributed by atoms with Crippen LogP contribution in [0.3, 0.4) is 0 Å². The molecule has 0 radical (unpaired) electrons. The predicted octanol–water partition coefficient (Wildman–Crippen LogP) is 2.69. The van der Waals surface area contributed by atoms with Crippen molar-refractivity contribution in [3.63, 3.8) is 0 Å². The highest BCUT2D eigenvalue weighted by atomic mass is 16.7. The minimum Gasteiger partial charge on any atom is -0.441 e. The highest BCUT2D eigenvalue weighted by Gasteiger charge is 2.34. The standard InChI is InChI=1S/C14H18N2O3/c1-14(2,3)12-10(13(17)19-15-12)8-9-6-7-11(18-9)16(4)5/h6-8H,1-5H3. The molecule has 0 N–H and O–H groups in total. The molecule has 19 heavy (non-hydrogen) atoms. The van der Waals surface area contributed by atoms with Crippen LogP contribution in [0.4, 0.5) is 5.88 Å². The van der Waals surface area contributed by atoms with E-state index in [0.717, 1.165) is 5.88 Å². The van der Waals surface area contributed by atoms with Crippen LogP contribution in [0, 0.1) is 5.41 Å². The zero-order chi connectivity index (χ0) is 14.2. The summed E-state index contributed by atoms with van der Waals surface area (Å²) in [5.74, 6) is 0.898. The Balaban J connectivity index is 2.35. The van der Waals surface area contributed by atoms with Gasteiger partial charge in [0.2, 0.25) is 0 Å². The van der Waals surface area contributed by atoms with Crippen molar-refractivity contribution in [2.45, 2.75) is 20.8 Å². The molecule has 2 rings (SSSR count). The van der Waals surface area contributed by atoms with E-state index in [4.69, 9.17) is 9.25 Å². The van der Waals surface area contributed by atoms with Crippen molar-refractivity contribution in [3.05, 3.63) is 23.5 Å². The topological polar surface area (TPSA) is 55.0 Å². The third-order valence-corrected chi connectivity index (χ3v) is 2.75. The highest BCUT2D eigenvalue weighted by Crippen LogP contribution is 2.29. The van der Waals surface area contributed by atoms with E-state index < -0.39 is 5.97 Å². The van der Waals surface area contributed by atoms with Crippen LogP contribution >= 0.6 is 0 Å². The molecule has 0 atom stereocenters. The Kier molecular flexibility index (Phi) is 3.22. The predicted molar refractivity (Wildman–Crippen MR) is 74.0 cm³/mol. The van der Waals surface area contributed by atoms with E-state index in [1.807, 2.05) is 51.9 Å². The van der Waals surface area contributed by atoms with Crippen molar-refractivity contribution in [2.75, 3.05) is 19.0 Å². The van der Waals surface area contributed by atoms with Gasteiger partial charge in [0.1, 0.15) is 11.5 Å². The summed E-state index contributed by atoms with van der Waals surface area (Å²) in [5, 5.41) is 3.85. The van der Waals surface area contributed by atoms with Gasteiger partial charge in [-0.2, -0.15) is 0 Å². The van der Waals surface area contributed by atoms with Crippen LogP contribution in [0.1, 0.15) is 26.5 Å². The van der Waals surface area contributed by atoms with Crippen LogP contribution < -0.4 is 4.90 Å². The summed E-state index contributed by atoms with van der Waals surface area (Å²) in [7, 11) is 3.78. The lowest BCUT2D eigenvalue weighted by atomic mass is 9.85. The molecule has 5 heteroatoms. The highest BCUT2D eigenvalue weighted by molar-refractivity contribution is 6.26. The zero-order valence-electron chi connectivity index (χ0n) is 11.9. The van der Waals surface area contributed by atoms with Gasteiger partial charge in [-0.05, 0) is 12.1 Å². The number of anilines is 1. The molecular weight excluding hydrogens is 244 g/mol. The number of hydrogen-bond donors (Lipinski definition) is 0. The molecule has 0 aromatic carbocycles. The van der Waals surface area contributed by atoms with Crippen LogP contribution in [-0.4, -0.2) is 25.8 Å². The number of hydrogen-bond acceptors (Lipinski definition) is 5. The molecule has 2 heterocycles. The van der Waals surface area contributed by atoms with Gasteiger partial charge < -0.3 is 14.2 Å². The molecule has 0 fully saturated rings. The molecule has 102 valence electrons. The van der Waals surface area contributed by atoms with Gasteiger partial charge in [0.15, 0.2) is 5.88 Å². The molecule has 1 aliphatic heterocycles. The molecule has 0 saturated heterocycles. The van der Waals surface area contributed by atoms with Gasteiger partial charge in [0, 0.05) is 25.6 Å². The Morgan fingerprint density at radius 3 is 2.47 bits per heavy atom. The Bertz CT molecular complexity index is 559. The Hall–Kier alpha value is -2.04. The summed E-state index contributed by atoms with van der Waals surface area (Å²) in [6, 6.07) is 3.66. The summed E-state index contributed by atoms with van der Waals surface area (Å²) < 4.78 is 5.60. The fraction of sp³-hybridized carbons (Fsp3) is 0.429. The molecule has 5 nitrogen and oxygen atoms in total. The third kappa shape index (κ3) is 2.70. The van der Waals surface area contributed by atoms with Crippen molar-refractivity contribution in [2.24, 2.45) is 10.6 Å². The Morgan fingerprint density at radius 2 is 1.95 bits per heavy atom. The van der Waals surface area contributed by atoms with Crippen molar-refractivity contribution >= 4 is 23.6 Å². The Labute approximate surface area is 112 Å². The van der Waals surface area contributed by atoms with E-state index in [1.165, 1.54) is 0 Å². The quantitative estimate of drug-likeness (QED) is 0.607. The molecule has 1 aliphatic rings. The van der Waals surface area contributed by atoms with E-state index in [0.29, 0.717) is 17.0 Å². The second kappa shape index (κ2) is 4.57. The summed E-state index contributed by atoms with van der Waals surface area (Å²) in [4.78, 5) is 18.3. The van der Waals surface area contributed by atoms with Crippen LogP contribution in [-0.2, 0) is 9.63 Å². The SMILES string of the molecule is CN(C)c1ccc(C=C2C(=O)ON=C2C(C)(C)C)o1. The number of oxime groups is 1. The Morgan fingerprint density at radius 1 is 1.26 bits per heavy atom. The van der Waals surface area contributed by atoms with E-state index in [-0.39, 0.29) is 5.41 Å². The first kappa shape index (κ1) is 13.4. The molecule has 0 saturated carbocycles. The van der Waals surface area contributed by atoms with Crippen LogP contribution in [0.2, 0.25) is 0 Å². The van der Waals surface area contributed by atoms with Gasteiger partial charge in [0.25, 0.3) is 0 Å². The van der Waals surface area contributed by atoms with Gasteiger partial charge in [-0.1, -0.05) is 25.9 Å². The first-order valence-corrected chi connectivity index (χ1v) is 6.08. The van der Waals surface area contributed by atoms with E-state index >= 15 is 0 Å². The molecule has 0 unspecified atom stereocenters. The van der Waals surface area contributed by atoms with Gasteiger partial charge in [-0.3, -0.25) is 0 Å². The second-order valence-corrected chi connectivity index (χ2v) is 5.70. The molecular formula is C14H18N2O3. The number of nitrogens with zero attached hydrogens (tertiary/aromatic N) is 2. The van der Waals surface area contributed by atoms with Crippen molar-refractivity contribution in [1.29, 1.82) is 0 Å². The lowest BCUT2D eigenvalue weighted by molar-refractivity contribution is -0.136. The fourth-order valence-electron chi connectivity index (χ4n) is 1.75. The average molecular weight is 262 g/mol. The summed E-state index contributed by atoms with van der Waals surface area (Å²) >= 11 is 0. The average Bonchev–Trinajstić information content (AvgIpc) is 2.86. The van der Waals surface area contributed by atoms with Gasteiger partial charge in [-0.25, -0.2) is 4.79 Å². The van der Waals surface area contributed by atoms with E-state index in [2.05, 4.69) is 5.16 Å². The molecule has 0 amide bonds. The normalized spacial score (nSPS) is 17.6. The summed E-state index contributed by atoms with van der Waals surface area (Å²) in [5.41, 5.74) is 0.835. The number of carbonyl (C=O) groups is 1. The third-order valence-electron chi connectivity index (χ3n) is 2.75. The number of rotatable bonds is 2. The maximum atomic E-state index is 11.7. The monoisotopic (exact) mass is 262 g/mol. The first-order chi connectivity index (χ1) is 8.79. The molecule has 1 aromatic rings. The fourth-order valence-corrected chi connectivity index (χ4v) is 1.75. The molecule has 1 aromatic heterocycles. The van der Waals surface area contributed by atoms with Crippen LogP contribution in [0.15, 0.2) is 27.3 Å². The van der Waals surface area contributed by atoms with Crippen molar-refractivity contribution in [3.8, 4) is 0 Å². The summed E-state index contributed by atoms with van der Waals surface area (Å²) in [6.45, 7) is 5.94. The molecule has 0 aliphatic carbocycles. The van der Waals surface area contributed by atoms with Crippen molar-refractivity contribution in [1.82, 2.24) is 0 Å². The maximum absolute atomic E-state index is 11.7. The van der Waals surface area contributed by atoms with Gasteiger partial charge in [-0.15, -0.1) is 0 Å². The smallest absolute Gasteiger partial charge is 0.367 e. The van der Waals surface area contributed by atoms with E-state index in [1.54, 1.807) is 6.08 Å². The maximum Gasteiger partial charge on any atom is 0.367 e. The zero-order valence-corrected chi connectivity index (χ0v) is 11.9. The number of furan rings is 1. The number of carbonyl (C=O) groups excluding carboxylic acids is 1. The lowest BCUT2D eigenvalue weighted by Crippen LogP contribution is -2.21. The van der Waals surface area contributed by atoms with Crippen molar-refractivity contribution < 1.29 is 14.0 Å². The minimum atomic E-state index is -0.437. The lowest BCUT2D eigenvalue weighted by Gasteiger charge is -2.16. The van der Waals surface area contributed by atoms with Crippen LogP contribution in [0.5, 0.6) is 0 Å². The van der Waals surface area contributed by atoms with Gasteiger partial charge in [0.05, 0.1) is 5.57 Å². The van der Waals surface area contributed by atoms with Crippen LogP contribution in [0.25, 0.3) is 6.08 Å². The first-order valence-electron chi connectivity index (χ1n) is 6.08. The molecule has 0 spiro atoms. The summed E-state index contributed by atoms with van der Waals surface area (Å²) in [6.07, 6.45) is 1.67. The molecule has 0 bridgehead atoms. The second-order valence-electron chi connectivity index (χ2n) is 5.70. The van der Waals surface area contributed by atoms with E-state index in [9.17, 15) is 4.79 Å². The van der Waals surface area contributed by atoms with Gasteiger partial charge >= 0.3 is 5.97 Å². The largest absolute Gasteiger partial charge is 0.441 e.